The highest BCUT2D eigenvalue weighted by molar-refractivity contribution is 7.99. The van der Waals surface area contributed by atoms with E-state index in [-0.39, 0.29) is 11.2 Å². The van der Waals surface area contributed by atoms with Gasteiger partial charge in [-0.2, -0.15) is 24.4 Å². The fraction of sp³-hybridized carbons (Fsp3) is 0.364. The lowest BCUT2D eigenvalue weighted by atomic mass is 10.2. The van der Waals surface area contributed by atoms with Crippen molar-refractivity contribution < 1.29 is 9.53 Å². The Morgan fingerprint density at radius 2 is 2.13 bits per heavy atom. The van der Waals surface area contributed by atoms with Crippen molar-refractivity contribution in [1.29, 1.82) is 0 Å². The van der Waals surface area contributed by atoms with Gasteiger partial charge in [0.1, 0.15) is 11.9 Å². The Labute approximate surface area is 99.8 Å². The van der Waals surface area contributed by atoms with Gasteiger partial charge in [0.25, 0.3) is 0 Å². The molecule has 0 aliphatic heterocycles. The summed E-state index contributed by atoms with van der Waals surface area (Å²) in [5, 5.41) is -0.330. The van der Waals surface area contributed by atoms with E-state index < -0.39 is 0 Å². The van der Waals surface area contributed by atoms with Crippen LogP contribution in [0.4, 0.5) is 0 Å². The lowest BCUT2D eigenvalue weighted by molar-refractivity contribution is -0.143. The van der Waals surface area contributed by atoms with E-state index in [1.807, 2.05) is 36.6 Å². The lowest BCUT2D eigenvalue weighted by Crippen LogP contribution is -2.20. The first kappa shape index (κ1) is 12.5. The molecule has 0 N–H and O–H groups in total. The fourth-order valence-corrected chi connectivity index (χ4v) is 2.02. The van der Waals surface area contributed by atoms with Crippen LogP contribution in [0.15, 0.2) is 30.3 Å². The highest BCUT2D eigenvalue weighted by Crippen LogP contribution is 2.08. The van der Waals surface area contributed by atoms with Gasteiger partial charge in [-0.05, 0) is 11.8 Å². The molecule has 0 saturated carbocycles. The van der Waals surface area contributed by atoms with Crippen molar-refractivity contribution in [1.82, 2.24) is 0 Å². The maximum Gasteiger partial charge on any atom is 0.319 e. The predicted molar refractivity (Wildman–Crippen MR) is 67.4 cm³/mol. The van der Waals surface area contributed by atoms with Gasteiger partial charge in [-0.1, -0.05) is 30.3 Å². The third kappa shape index (κ3) is 4.62. The number of esters is 1. The molecule has 0 aliphatic carbocycles. The Hall–Kier alpha value is -0.610. The monoisotopic (exact) mass is 242 g/mol. The van der Waals surface area contributed by atoms with Crippen molar-refractivity contribution in [2.24, 2.45) is 0 Å². The molecule has 0 aliphatic rings. The van der Waals surface area contributed by atoms with Gasteiger partial charge in [-0.15, -0.1) is 0 Å². The number of rotatable bonds is 5. The molecule has 1 aromatic carbocycles. The van der Waals surface area contributed by atoms with E-state index in [0.717, 1.165) is 5.56 Å². The molecule has 4 heteroatoms. The SMILES string of the molecule is CSCC(S)C(=O)OCc1ccccc1. The zero-order valence-corrected chi connectivity index (χ0v) is 10.3. The number of hydrogen-bond donors (Lipinski definition) is 1. The summed E-state index contributed by atoms with van der Waals surface area (Å²) in [5.74, 6) is 0.424. The van der Waals surface area contributed by atoms with Crippen LogP contribution in [0.25, 0.3) is 0 Å². The van der Waals surface area contributed by atoms with E-state index in [1.54, 1.807) is 11.8 Å². The van der Waals surface area contributed by atoms with Crippen LogP contribution in [0, 0.1) is 0 Å². The van der Waals surface area contributed by atoms with Gasteiger partial charge in [0.05, 0.1) is 0 Å². The predicted octanol–water partition coefficient (Wildman–Crippen LogP) is 2.39. The third-order valence-electron chi connectivity index (χ3n) is 1.82. The molecule has 0 heterocycles. The first-order valence-electron chi connectivity index (χ1n) is 4.61. The van der Waals surface area contributed by atoms with Crippen LogP contribution in [0.3, 0.4) is 0 Å². The fourth-order valence-electron chi connectivity index (χ4n) is 1.05. The number of benzene rings is 1. The minimum absolute atomic E-state index is 0.253. The van der Waals surface area contributed by atoms with E-state index in [4.69, 9.17) is 4.74 Å². The largest absolute Gasteiger partial charge is 0.460 e. The van der Waals surface area contributed by atoms with Gasteiger partial charge in [0.15, 0.2) is 0 Å². The summed E-state index contributed by atoms with van der Waals surface area (Å²) in [6, 6.07) is 9.62. The molecule has 0 spiro atoms. The first-order valence-corrected chi connectivity index (χ1v) is 6.52. The molecule has 0 aromatic heterocycles. The summed E-state index contributed by atoms with van der Waals surface area (Å²) in [6.07, 6.45) is 1.94. The average Bonchev–Trinajstić information content (AvgIpc) is 2.27. The molecule has 1 atom stereocenters. The van der Waals surface area contributed by atoms with Crippen LogP contribution < -0.4 is 0 Å². The molecule has 0 amide bonds. The van der Waals surface area contributed by atoms with Crippen LogP contribution in [-0.4, -0.2) is 23.2 Å². The number of thiol groups is 1. The lowest BCUT2D eigenvalue weighted by Gasteiger charge is -2.09. The van der Waals surface area contributed by atoms with Gasteiger partial charge in [-0.3, -0.25) is 4.79 Å². The van der Waals surface area contributed by atoms with Crippen LogP contribution >= 0.6 is 24.4 Å². The Kier molecular flexibility index (Phi) is 5.65. The van der Waals surface area contributed by atoms with E-state index in [0.29, 0.717) is 12.4 Å². The highest BCUT2D eigenvalue weighted by Gasteiger charge is 2.14. The van der Waals surface area contributed by atoms with E-state index in [2.05, 4.69) is 12.6 Å². The van der Waals surface area contributed by atoms with Crippen molar-refractivity contribution in [2.45, 2.75) is 11.9 Å². The quantitative estimate of drug-likeness (QED) is 0.634. The minimum Gasteiger partial charge on any atom is -0.460 e. The van der Waals surface area contributed by atoms with Gasteiger partial charge in [0, 0.05) is 5.75 Å². The van der Waals surface area contributed by atoms with E-state index in [1.165, 1.54) is 0 Å². The summed E-state index contributed by atoms with van der Waals surface area (Å²) in [6.45, 7) is 0.325. The van der Waals surface area contributed by atoms with E-state index >= 15 is 0 Å². The smallest absolute Gasteiger partial charge is 0.319 e. The highest BCUT2D eigenvalue weighted by atomic mass is 32.2. The number of carbonyl (C=O) groups is 1. The first-order chi connectivity index (χ1) is 7.24. The zero-order chi connectivity index (χ0) is 11.1. The van der Waals surface area contributed by atoms with Gasteiger partial charge in [0.2, 0.25) is 0 Å². The topological polar surface area (TPSA) is 26.3 Å². The Morgan fingerprint density at radius 1 is 1.47 bits per heavy atom. The molecular weight excluding hydrogens is 228 g/mol. The molecule has 1 aromatic rings. The molecule has 0 saturated heterocycles. The number of carbonyl (C=O) groups excluding carboxylic acids is 1. The number of hydrogen-bond acceptors (Lipinski definition) is 4. The molecule has 0 bridgehead atoms. The van der Waals surface area contributed by atoms with Crippen molar-refractivity contribution in [2.75, 3.05) is 12.0 Å². The van der Waals surface area contributed by atoms with Crippen molar-refractivity contribution in [3.05, 3.63) is 35.9 Å². The summed E-state index contributed by atoms with van der Waals surface area (Å²) >= 11 is 5.74. The third-order valence-corrected chi connectivity index (χ3v) is 3.13. The Bertz CT molecular complexity index is 301. The van der Waals surface area contributed by atoms with Gasteiger partial charge in [-0.25, -0.2) is 0 Å². The van der Waals surface area contributed by atoms with Crippen LogP contribution in [0.5, 0.6) is 0 Å². The maximum absolute atomic E-state index is 11.4. The van der Waals surface area contributed by atoms with Crippen molar-refractivity contribution >= 4 is 30.4 Å². The average molecular weight is 242 g/mol. The second-order valence-electron chi connectivity index (χ2n) is 3.06. The van der Waals surface area contributed by atoms with Gasteiger partial charge < -0.3 is 4.74 Å². The summed E-state index contributed by atoms with van der Waals surface area (Å²) in [5.41, 5.74) is 0.996. The maximum atomic E-state index is 11.4. The second-order valence-corrected chi connectivity index (χ2v) is 4.60. The summed E-state index contributed by atoms with van der Waals surface area (Å²) in [7, 11) is 0. The van der Waals surface area contributed by atoms with Crippen molar-refractivity contribution in [3.63, 3.8) is 0 Å². The normalized spacial score (nSPS) is 12.1. The van der Waals surface area contributed by atoms with E-state index in [9.17, 15) is 4.79 Å². The standard InChI is InChI=1S/C11H14O2S2/c1-15-8-10(14)11(12)13-7-9-5-3-2-4-6-9/h2-6,10,14H,7-8H2,1H3. The summed E-state index contributed by atoms with van der Waals surface area (Å²) < 4.78 is 5.11. The van der Waals surface area contributed by atoms with Crippen LogP contribution in [-0.2, 0) is 16.1 Å². The zero-order valence-electron chi connectivity index (χ0n) is 8.55. The molecule has 82 valence electrons. The molecular formula is C11H14O2S2. The Morgan fingerprint density at radius 3 is 2.73 bits per heavy atom. The Balaban J connectivity index is 2.34. The molecule has 2 nitrogen and oxygen atoms in total. The molecule has 0 fully saturated rings. The van der Waals surface area contributed by atoms with Crippen LogP contribution in [0.1, 0.15) is 5.56 Å². The molecule has 1 unspecified atom stereocenters. The number of thioether (sulfide) groups is 1. The molecule has 0 radical (unpaired) electrons. The second kappa shape index (κ2) is 6.80. The molecule has 1 rings (SSSR count). The minimum atomic E-state index is -0.330. The van der Waals surface area contributed by atoms with Crippen LogP contribution in [0.2, 0.25) is 0 Å². The van der Waals surface area contributed by atoms with Gasteiger partial charge >= 0.3 is 5.97 Å². The molecule has 15 heavy (non-hydrogen) atoms. The van der Waals surface area contributed by atoms with Crippen molar-refractivity contribution in [3.8, 4) is 0 Å². The summed E-state index contributed by atoms with van der Waals surface area (Å²) in [4.78, 5) is 11.4. The number of ether oxygens (including phenoxy) is 1.